The van der Waals surface area contributed by atoms with Crippen LogP contribution in [0.4, 0.5) is 0 Å². The van der Waals surface area contributed by atoms with Gasteiger partial charge < -0.3 is 4.40 Å². The molecule has 0 fully saturated rings. The van der Waals surface area contributed by atoms with Crippen LogP contribution in [0.25, 0.3) is 5.65 Å². The summed E-state index contributed by atoms with van der Waals surface area (Å²) in [4.78, 5) is 8.39. The van der Waals surface area contributed by atoms with Gasteiger partial charge in [-0.15, -0.1) is 0 Å². The fraction of sp³-hybridized carbons (Fsp3) is 0.500. The molecule has 0 spiro atoms. The van der Waals surface area contributed by atoms with Crippen molar-refractivity contribution in [3.63, 3.8) is 0 Å². The van der Waals surface area contributed by atoms with Crippen molar-refractivity contribution >= 4 is 5.65 Å². The predicted molar refractivity (Wildman–Crippen MR) is 65.2 cm³/mol. The van der Waals surface area contributed by atoms with Crippen LogP contribution in [0.3, 0.4) is 0 Å². The van der Waals surface area contributed by atoms with Crippen LogP contribution in [-0.2, 0) is 0 Å². The minimum atomic E-state index is 0.910. The summed E-state index contributed by atoms with van der Waals surface area (Å²) in [5, 5.41) is 0. The number of imidazole rings is 1. The van der Waals surface area contributed by atoms with Crippen LogP contribution in [0, 0.1) is 13.8 Å². The molecule has 3 nitrogen and oxygen atoms in total. The van der Waals surface area contributed by atoms with Crippen molar-refractivity contribution in [1.82, 2.24) is 14.4 Å². The Labute approximate surface area is 92.2 Å². The van der Waals surface area contributed by atoms with Crippen LogP contribution in [0.15, 0.2) is 18.6 Å². The van der Waals surface area contributed by atoms with Crippen LogP contribution in [0.1, 0.15) is 39.1 Å². The van der Waals surface area contributed by atoms with Crippen molar-refractivity contribution in [1.29, 1.82) is 0 Å². The molecule has 0 unspecified atom stereocenters. The Morgan fingerprint density at radius 1 is 0.933 bits per heavy atom. The molecular formula is C12H21N3. The van der Waals surface area contributed by atoms with E-state index in [2.05, 4.69) is 9.97 Å². The lowest BCUT2D eigenvalue weighted by Gasteiger charge is -1.92. The van der Waals surface area contributed by atoms with E-state index in [1.54, 1.807) is 6.20 Å². The normalized spacial score (nSPS) is 8.67. The molecule has 0 saturated heterocycles. The van der Waals surface area contributed by atoms with Crippen LogP contribution < -0.4 is 0 Å². The molecule has 0 aliphatic carbocycles. The molecule has 84 valence electrons. The van der Waals surface area contributed by atoms with E-state index in [1.807, 2.05) is 58.3 Å². The summed E-state index contributed by atoms with van der Waals surface area (Å²) in [5.74, 6) is 0. The van der Waals surface area contributed by atoms with Crippen LogP contribution in [0.5, 0.6) is 0 Å². The maximum atomic E-state index is 4.25. The molecular weight excluding hydrogens is 186 g/mol. The molecule has 15 heavy (non-hydrogen) atoms. The van der Waals surface area contributed by atoms with Gasteiger partial charge in [-0.05, 0) is 13.8 Å². The summed E-state index contributed by atoms with van der Waals surface area (Å²) < 4.78 is 1.98. The SMILES string of the molecule is CC.CC.Cc1cn2cc(C)nc2cn1. The van der Waals surface area contributed by atoms with E-state index in [0.29, 0.717) is 0 Å². The number of hydrogen-bond acceptors (Lipinski definition) is 2. The summed E-state index contributed by atoms with van der Waals surface area (Å²) in [6, 6.07) is 0. The standard InChI is InChI=1S/C8H9N3.2C2H6/c1-6-4-11-5-7(2)10-8(11)3-9-6;2*1-2/h3-5H,1-2H3;2*1-2H3. The Balaban J connectivity index is 0.000000442. The quantitative estimate of drug-likeness (QED) is 0.662. The minimum Gasteiger partial charge on any atom is -0.304 e. The lowest BCUT2D eigenvalue weighted by atomic mass is 10.5. The predicted octanol–water partition coefficient (Wildman–Crippen LogP) is 3.40. The molecule has 2 aromatic heterocycles. The third-order valence-electron chi connectivity index (χ3n) is 1.59. The molecule has 0 aromatic carbocycles. The van der Waals surface area contributed by atoms with Crippen molar-refractivity contribution in [3.8, 4) is 0 Å². The number of nitrogens with zero attached hydrogens (tertiary/aromatic N) is 3. The first-order chi connectivity index (χ1) is 7.25. The number of rotatable bonds is 0. The van der Waals surface area contributed by atoms with Crippen LogP contribution >= 0.6 is 0 Å². The Morgan fingerprint density at radius 3 is 2.07 bits per heavy atom. The van der Waals surface area contributed by atoms with Gasteiger partial charge >= 0.3 is 0 Å². The first kappa shape index (κ1) is 13.6. The molecule has 0 saturated carbocycles. The molecule has 0 aliphatic heterocycles. The van der Waals surface area contributed by atoms with Crippen molar-refractivity contribution < 1.29 is 0 Å². The zero-order valence-corrected chi connectivity index (χ0v) is 10.6. The van der Waals surface area contributed by atoms with E-state index in [-0.39, 0.29) is 0 Å². The van der Waals surface area contributed by atoms with Crippen LogP contribution in [0.2, 0.25) is 0 Å². The molecule has 0 bridgehead atoms. The van der Waals surface area contributed by atoms with Gasteiger partial charge in [0, 0.05) is 12.4 Å². The number of aromatic nitrogens is 3. The van der Waals surface area contributed by atoms with Gasteiger partial charge in [0.05, 0.1) is 17.6 Å². The van der Waals surface area contributed by atoms with Crippen molar-refractivity contribution in [2.24, 2.45) is 0 Å². The molecule has 3 heteroatoms. The highest BCUT2D eigenvalue weighted by molar-refractivity contribution is 5.36. The Morgan fingerprint density at radius 2 is 1.47 bits per heavy atom. The largest absolute Gasteiger partial charge is 0.304 e. The van der Waals surface area contributed by atoms with Gasteiger partial charge in [-0.3, -0.25) is 4.98 Å². The van der Waals surface area contributed by atoms with Crippen molar-refractivity contribution in [3.05, 3.63) is 30.0 Å². The van der Waals surface area contributed by atoms with E-state index < -0.39 is 0 Å². The van der Waals surface area contributed by atoms with Gasteiger partial charge in [-0.25, -0.2) is 4.98 Å². The summed E-state index contributed by atoms with van der Waals surface area (Å²) in [5.41, 5.74) is 2.94. The highest BCUT2D eigenvalue weighted by Crippen LogP contribution is 2.02. The van der Waals surface area contributed by atoms with E-state index in [0.717, 1.165) is 17.0 Å². The summed E-state index contributed by atoms with van der Waals surface area (Å²) in [7, 11) is 0. The van der Waals surface area contributed by atoms with Gasteiger partial charge in [-0.1, -0.05) is 27.7 Å². The third-order valence-corrected chi connectivity index (χ3v) is 1.59. The first-order valence-electron chi connectivity index (χ1n) is 5.54. The second-order valence-electron chi connectivity index (χ2n) is 2.68. The highest BCUT2D eigenvalue weighted by Gasteiger charge is 1.95. The fourth-order valence-electron chi connectivity index (χ4n) is 1.13. The van der Waals surface area contributed by atoms with E-state index in [1.165, 1.54) is 0 Å². The van der Waals surface area contributed by atoms with Gasteiger partial charge in [0.15, 0.2) is 5.65 Å². The fourth-order valence-corrected chi connectivity index (χ4v) is 1.13. The summed E-state index contributed by atoms with van der Waals surface area (Å²) >= 11 is 0. The molecule has 2 aromatic rings. The molecule has 2 rings (SSSR count). The second-order valence-corrected chi connectivity index (χ2v) is 2.68. The zero-order chi connectivity index (χ0) is 11.8. The second kappa shape index (κ2) is 6.98. The average molecular weight is 207 g/mol. The molecule has 0 N–H and O–H groups in total. The van der Waals surface area contributed by atoms with Crippen molar-refractivity contribution in [2.75, 3.05) is 0 Å². The van der Waals surface area contributed by atoms with Gasteiger partial charge in [0.2, 0.25) is 0 Å². The van der Waals surface area contributed by atoms with E-state index in [4.69, 9.17) is 0 Å². The maximum Gasteiger partial charge on any atom is 0.155 e. The number of fused-ring (bicyclic) bond motifs is 1. The molecule has 0 radical (unpaired) electrons. The number of hydrogen-bond donors (Lipinski definition) is 0. The maximum absolute atomic E-state index is 4.25. The Bertz CT molecular complexity index is 391. The first-order valence-corrected chi connectivity index (χ1v) is 5.54. The van der Waals surface area contributed by atoms with E-state index in [9.17, 15) is 0 Å². The van der Waals surface area contributed by atoms with Crippen molar-refractivity contribution in [2.45, 2.75) is 41.5 Å². The van der Waals surface area contributed by atoms with Crippen LogP contribution in [-0.4, -0.2) is 14.4 Å². The molecule has 0 aliphatic rings. The lowest BCUT2D eigenvalue weighted by molar-refractivity contribution is 1.07. The third kappa shape index (κ3) is 3.70. The monoisotopic (exact) mass is 207 g/mol. The molecule has 0 atom stereocenters. The minimum absolute atomic E-state index is 0.910. The average Bonchev–Trinajstić information content (AvgIpc) is 2.63. The Hall–Kier alpha value is -1.38. The summed E-state index contributed by atoms with van der Waals surface area (Å²) in [6.45, 7) is 11.9. The molecule has 2 heterocycles. The molecule has 0 amide bonds. The lowest BCUT2D eigenvalue weighted by Crippen LogP contribution is -1.87. The smallest absolute Gasteiger partial charge is 0.155 e. The van der Waals surface area contributed by atoms with Gasteiger partial charge in [-0.2, -0.15) is 0 Å². The highest BCUT2D eigenvalue weighted by atomic mass is 15.0. The zero-order valence-electron chi connectivity index (χ0n) is 10.6. The van der Waals surface area contributed by atoms with E-state index >= 15 is 0 Å². The topological polar surface area (TPSA) is 30.2 Å². The summed E-state index contributed by atoms with van der Waals surface area (Å²) in [6.07, 6.45) is 5.74. The van der Waals surface area contributed by atoms with Gasteiger partial charge in [0.25, 0.3) is 0 Å². The Kier molecular flexibility index (Phi) is 6.34. The van der Waals surface area contributed by atoms with Gasteiger partial charge in [0.1, 0.15) is 0 Å². The number of aryl methyl sites for hydroxylation is 2.